The van der Waals surface area contributed by atoms with Gasteiger partial charge in [-0.1, -0.05) is 20.8 Å². The number of hydrogen-bond acceptors (Lipinski definition) is 3. The van der Waals surface area contributed by atoms with Crippen LogP contribution >= 0.6 is 0 Å². The van der Waals surface area contributed by atoms with E-state index in [2.05, 4.69) is 12.2 Å². The number of likely N-dealkylation sites (N-methyl/N-ethyl adjacent to an activating group) is 1. The Balaban J connectivity index is 2.33. The lowest BCUT2D eigenvalue weighted by Gasteiger charge is -2.28. The second-order valence-electron chi connectivity index (χ2n) is 6.09. The van der Waals surface area contributed by atoms with Crippen molar-refractivity contribution in [2.24, 2.45) is 11.8 Å². The number of aliphatic carboxylic acids is 1. The van der Waals surface area contributed by atoms with E-state index in [1.165, 1.54) is 12.8 Å². The van der Waals surface area contributed by atoms with Gasteiger partial charge in [-0.3, -0.25) is 14.5 Å². The molecule has 0 aromatic carbocycles. The highest BCUT2D eigenvalue weighted by Gasteiger charge is 2.21. The van der Waals surface area contributed by atoms with Gasteiger partial charge in [0.05, 0.1) is 12.5 Å². The van der Waals surface area contributed by atoms with Gasteiger partial charge in [0.25, 0.3) is 0 Å². The van der Waals surface area contributed by atoms with Crippen molar-refractivity contribution < 1.29 is 14.7 Å². The maximum Gasteiger partial charge on any atom is 0.307 e. The van der Waals surface area contributed by atoms with Crippen molar-refractivity contribution in [1.29, 1.82) is 0 Å². The van der Waals surface area contributed by atoms with Crippen molar-refractivity contribution in [2.45, 2.75) is 52.5 Å². The molecule has 1 rings (SSSR count). The summed E-state index contributed by atoms with van der Waals surface area (Å²) in [6, 6.07) is 0.300. The number of carboxylic acids is 1. The van der Waals surface area contributed by atoms with E-state index >= 15 is 0 Å². The highest BCUT2D eigenvalue weighted by atomic mass is 16.4. The first-order valence-electron chi connectivity index (χ1n) is 7.66. The molecule has 0 heterocycles. The maximum atomic E-state index is 12.0. The predicted octanol–water partition coefficient (Wildman–Crippen LogP) is 1.72. The van der Waals surface area contributed by atoms with E-state index in [1.807, 2.05) is 11.8 Å². The molecule has 1 atom stereocenters. The van der Waals surface area contributed by atoms with Gasteiger partial charge in [-0.2, -0.15) is 0 Å². The van der Waals surface area contributed by atoms with Crippen molar-refractivity contribution in [2.75, 3.05) is 19.6 Å². The van der Waals surface area contributed by atoms with Crippen molar-refractivity contribution in [3.63, 3.8) is 0 Å². The van der Waals surface area contributed by atoms with E-state index < -0.39 is 11.9 Å². The molecule has 0 aromatic heterocycles. The Labute approximate surface area is 121 Å². The summed E-state index contributed by atoms with van der Waals surface area (Å²) in [6.45, 7) is 7.27. The summed E-state index contributed by atoms with van der Waals surface area (Å²) in [7, 11) is 0. The van der Waals surface area contributed by atoms with Crippen molar-refractivity contribution in [3.05, 3.63) is 0 Å². The third-order valence-corrected chi connectivity index (χ3v) is 4.15. The number of amides is 1. The fourth-order valence-corrected chi connectivity index (χ4v) is 2.65. The Kier molecular flexibility index (Phi) is 6.99. The van der Waals surface area contributed by atoms with Gasteiger partial charge in [0.1, 0.15) is 0 Å². The molecule has 0 saturated heterocycles. The molecule has 0 aliphatic heterocycles. The molecule has 0 spiro atoms. The van der Waals surface area contributed by atoms with Gasteiger partial charge in [0.2, 0.25) is 5.91 Å². The predicted molar refractivity (Wildman–Crippen MR) is 78.5 cm³/mol. The van der Waals surface area contributed by atoms with Crippen molar-refractivity contribution >= 4 is 11.9 Å². The molecule has 0 radical (unpaired) electrons. The normalized spacial score (nSPS) is 24.4. The molecule has 1 aliphatic rings. The lowest BCUT2D eigenvalue weighted by atomic mass is 9.87. The average Bonchev–Trinajstić information content (AvgIpc) is 2.40. The standard InChI is InChI=1S/C15H28N2O3/c1-4-17(9-12(3)15(19)20)10-14(18)16-13-7-5-11(2)6-8-13/h11-13H,4-10H2,1-3H3,(H,16,18)(H,19,20). The Bertz CT molecular complexity index is 325. The van der Waals surface area contributed by atoms with Gasteiger partial charge in [-0.05, 0) is 38.1 Å². The van der Waals surface area contributed by atoms with E-state index in [9.17, 15) is 9.59 Å². The lowest BCUT2D eigenvalue weighted by molar-refractivity contribution is -0.142. The van der Waals surface area contributed by atoms with Crippen LogP contribution in [0.3, 0.4) is 0 Å². The number of carboxylic acid groups (broad SMARTS) is 1. The Morgan fingerprint density at radius 2 is 1.90 bits per heavy atom. The first-order chi connectivity index (χ1) is 9.42. The van der Waals surface area contributed by atoms with E-state index in [1.54, 1.807) is 6.92 Å². The molecule has 20 heavy (non-hydrogen) atoms. The Hall–Kier alpha value is -1.10. The zero-order valence-corrected chi connectivity index (χ0v) is 12.9. The highest BCUT2D eigenvalue weighted by molar-refractivity contribution is 5.78. The topological polar surface area (TPSA) is 69.6 Å². The van der Waals surface area contributed by atoms with E-state index in [4.69, 9.17) is 5.11 Å². The second kappa shape index (κ2) is 8.25. The number of nitrogens with one attached hydrogen (secondary N) is 1. The van der Waals surface area contributed by atoms with Crippen LogP contribution in [0.1, 0.15) is 46.5 Å². The van der Waals surface area contributed by atoms with Crippen molar-refractivity contribution in [3.8, 4) is 0 Å². The Morgan fingerprint density at radius 3 is 2.40 bits per heavy atom. The van der Waals surface area contributed by atoms with Gasteiger partial charge in [-0.25, -0.2) is 0 Å². The van der Waals surface area contributed by atoms with Crippen molar-refractivity contribution in [1.82, 2.24) is 10.2 Å². The third-order valence-electron chi connectivity index (χ3n) is 4.15. The minimum atomic E-state index is -0.815. The molecule has 0 aromatic rings. The molecule has 0 bridgehead atoms. The Morgan fingerprint density at radius 1 is 1.30 bits per heavy atom. The quantitative estimate of drug-likeness (QED) is 0.747. The molecule has 1 fully saturated rings. The molecule has 5 nitrogen and oxygen atoms in total. The van der Waals surface area contributed by atoms with Gasteiger partial charge >= 0.3 is 5.97 Å². The summed E-state index contributed by atoms with van der Waals surface area (Å²) in [5.41, 5.74) is 0. The van der Waals surface area contributed by atoms with E-state index in [-0.39, 0.29) is 5.91 Å². The fraction of sp³-hybridized carbons (Fsp3) is 0.867. The fourth-order valence-electron chi connectivity index (χ4n) is 2.65. The summed E-state index contributed by atoms with van der Waals surface area (Å²) < 4.78 is 0. The van der Waals surface area contributed by atoms with E-state index in [0.29, 0.717) is 25.7 Å². The molecule has 1 amide bonds. The molecular formula is C15H28N2O3. The SMILES string of the molecule is CCN(CC(=O)NC1CCC(C)CC1)CC(C)C(=O)O. The summed E-state index contributed by atoms with van der Waals surface area (Å²) in [4.78, 5) is 24.8. The summed E-state index contributed by atoms with van der Waals surface area (Å²) in [6.07, 6.45) is 4.48. The molecule has 2 N–H and O–H groups in total. The number of rotatable bonds is 7. The van der Waals surface area contributed by atoms with Gasteiger partial charge in [0.15, 0.2) is 0 Å². The highest BCUT2D eigenvalue weighted by Crippen LogP contribution is 2.23. The molecule has 116 valence electrons. The van der Waals surface area contributed by atoms with Crippen LogP contribution < -0.4 is 5.32 Å². The summed E-state index contributed by atoms with van der Waals surface area (Å²) >= 11 is 0. The molecular weight excluding hydrogens is 256 g/mol. The van der Waals surface area contributed by atoms with Crippen LogP contribution in [0.2, 0.25) is 0 Å². The number of nitrogens with zero attached hydrogens (tertiary/aromatic N) is 1. The third kappa shape index (κ3) is 5.90. The number of carbonyl (C=O) groups is 2. The van der Waals surface area contributed by atoms with Crippen LogP contribution in [0.15, 0.2) is 0 Å². The monoisotopic (exact) mass is 284 g/mol. The molecule has 1 aliphatic carbocycles. The van der Waals surface area contributed by atoms with Crippen LogP contribution in [0, 0.1) is 11.8 Å². The van der Waals surface area contributed by atoms with Crippen LogP contribution in [0.5, 0.6) is 0 Å². The largest absolute Gasteiger partial charge is 0.481 e. The minimum Gasteiger partial charge on any atom is -0.481 e. The zero-order valence-electron chi connectivity index (χ0n) is 12.9. The van der Waals surface area contributed by atoms with Crippen LogP contribution in [0.25, 0.3) is 0 Å². The molecule has 1 saturated carbocycles. The minimum absolute atomic E-state index is 0.0176. The van der Waals surface area contributed by atoms with Crippen LogP contribution in [0.4, 0.5) is 0 Å². The summed E-state index contributed by atoms with van der Waals surface area (Å²) in [5, 5.41) is 12.0. The zero-order chi connectivity index (χ0) is 15.1. The van der Waals surface area contributed by atoms with E-state index in [0.717, 1.165) is 18.8 Å². The average molecular weight is 284 g/mol. The number of carbonyl (C=O) groups excluding carboxylic acids is 1. The lowest BCUT2D eigenvalue weighted by Crippen LogP contribution is -2.44. The second-order valence-corrected chi connectivity index (χ2v) is 6.09. The molecule has 1 unspecified atom stereocenters. The van der Waals surface area contributed by atoms with Gasteiger partial charge < -0.3 is 10.4 Å². The first-order valence-corrected chi connectivity index (χ1v) is 7.66. The maximum absolute atomic E-state index is 12.0. The van der Waals surface area contributed by atoms with Gasteiger partial charge in [0, 0.05) is 12.6 Å². The smallest absolute Gasteiger partial charge is 0.307 e. The molecule has 5 heteroatoms. The van der Waals surface area contributed by atoms with Crippen LogP contribution in [-0.2, 0) is 9.59 Å². The number of hydrogen-bond donors (Lipinski definition) is 2. The van der Waals surface area contributed by atoms with Crippen LogP contribution in [-0.4, -0.2) is 47.6 Å². The first kappa shape index (κ1) is 17.0. The summed E-state index contributed by atoms with van der Waals surface area (Å²) in [5.74, 6) is -0.473. The van der Waals surface area contributed by atoms with Gasteiger partial charge in [-0.15, -0.1) is 0 Å².